The number of benzene rings is 1. The zero-order valence-electron chi connectivity index (χ0n) is 9.27. The number of carbonyl (C=O) groups excluding carboxylic acids is 1. The van der Waals surface area contributed by atoms with Crippen molar-refractivity contribution in [2.75, 3.05) is 19.3 Å². The van der Waals surface area contributed by atoms with Crippen LogP contribution in [0.3, 0.4) is 0 Å². The molecule has 5 heteroatoms. The summed E-state index contributed by atoms with van der Waals surface area (Å²) in [4.78, 5) is 13.4. The Hall–Kier alpha value is -1.07. The van der Waals surface area contributed by atoms with Gasteiger partial charge in [-0.2, -0.15) is 0 Å². The van der Waals surface area contributed by atoms with E-state index in [9.17, 15) is 9.90 Å². The Labute approximate surface area is 103 Å². The molecule has 1 atom stereocenters. The lowest BCUT2D eigenvalue weighted by Crippen LogP contribution is -2.33. The van der Waals surface area contributed by atoms with E-state index in [-0.39, 0.29) is 12.5 Å². The summed E-state index contributed by atoms with van der Waals surface area (Å²) in [6, 6.07) is 5.11. The minimum atomic E-state index is -0.550. The molecule has 0 aliphatic heterocycles. The van der Waals surface area contributed by atoms with Gasteiger partial charge in [-0.1, -0.05) is 15.9 Å². The zero-order chi connectivity index (χ0) is 12.3. The molecule has 1 rings (SSSR count). The Balaban J connectivity index is 2.88. The highest BCUT2D eigenvalue weighted by molar-refractivity contribution is 9.10. The van der Waals surface area contributed by atoms with Crippen LogP contribution >= 0.6 is 15.9 Å². The predicted octanol–water partition coefficient (Wildman–Crippen LogP) is 1.48. The third kappa shape index (κ3) is 3.21. The van der Waals surface area contributed by atoms with Gasteiger partial charge in [-0.15, -0.1) is 0 Å². The molecule has 0 bridgehead atoms. The first-order valence-corrected chi connectivity index (χ1v) is 5.69. The van der Waals surface area contributed by atoms with Crippen molar-refractivity contribution in [2.45, 2.75) is 13.0 Å². The first kappa shape index (κ1) is 13.0. The maximum Gasteiger partial charge on any atom is 0.255 e. The fraction of sp³-hybridized carbons (Fsp3) is 0.364. The number of aliphatic hydroxyl groups is 1. The third-order valence-corrected chi connectivity index (χ3v) is 2.62. The molecule has 0 fully saturated rings. The normalized spacial score (nSPS) is 12.2. The van der Waals surface area contributed by atoms with Crippen molar-refractivity contribution < 1.29 is 9.90 Å². The Morgan fingerprint density at radius 2 is 2.25 bits per heavy atom. The number of nitrogen functional groups attached to an aromatic ring is 1. The number of nitrogens with two attached hydrogens (primary N) is 1. The Kier molecular flexibility index (Phi) is 4.32. The number of hydrogen-bond acceptors (Lipinski definition) is 3. The molecule has 3 N–H and O–H groups in total. The number of carbonyl (C=O) groups is 1. The van der Waals surface area contributed by atoms with Gasteiger partial charge < -0.3 is 15.7 Å². The predicted molar refractivity (Wildman–Crippen MR) is 67.2 cm³/mol. The van der Waals surface area contributed by atoms with Gasteiger partial charge in [0, 0.05) is 23.8 Å². The van der Waals surface area contributed by atoms with Gasteiger partial charge in [0.2, 0.25) is 0 Å². The number of aliphatic hydroxyl groups excluding tert-OH is 1. The molecule has 16 heavy (non-hydrogen) atoms. The van der Waals surface area contributed by atoms with Crippen LogP contribution in [0.4, 0.5) is 5.69 Å². The molecule has 0 aliphatic carbocycles. The molecule has 1 amide bonds. The molecule has 0 heterocycles. The fourth-order valence-electron chi connectivity index (χ4n) is 1.41. The summed E-state index contributed by atoms with van der Waals surface area (Å²) < 4.78 is 0.833. The molecule has 0 aromatic heterocycles. The van der Waals surface area contributed by atoms with Gasteiger partial charge in [0.25, 0.3) is 5.91 Å². The van der Waals surface area contributed by atoms with Crippen LogP contribution in [0.25, 0.3) is 0 Å². The second kappa shape index (κ2) is 5.32. The average Bonchev–Trinajstić information content (AvgIpc) is 2.15. The quantitative estimate of drug-likeness (QED) is 0.828. The van der Waals surface area contributed by atoms with Crippen LogP contribution in [0.15, 0.2) is 22.7 Å². The van der Waals surface area contributed by atoms with Crippen molar-refractivity contribution in [1.29, 1.82) is 0 Å². The largest absolute Gasteiger partial charge is 0.398 e. The highest BCUT2D eigenvalue weighted by Gasteiger charge is 2.15. The Bertz CT molecular complexity index is 394. The van der Waals surface area contributed by atoms with Crippen LogP contribution < -0.4 is 5.73 Å². The van der Waals surface area contributed by atoms with E-state index < -0.39 is 6.10 Å². The molecule has 4 nitrogen and oxygen atoms in total. The molecule has 88 valence electrons. The monoisotopic (exact) mass is 286 g/mol. The lowest BCUT2D eigenvalue weighted by atomic mass is 10.1. The molecule has 1 aromatic carbocycles. The van der Waals surface area contributed by atoms with Crippen molar-refractivity contribution in [3.8, 4) is 0 Å². The molecular weight excluding hydrogens is 272 g/mol. The molecule has 0 aliphatic rings. The van der Waals surface area contributed by atoms with Gasteiger partial charge in [0.15, 0.2) is 0 Å². The van der Waals surface area contributed by atoms with Crippen LogP contribution in [-0.4, -0.2) is 35.6 Å². The fourth-order valence-corrected chi connectivity index (χ4v) is 1.79. The maximum absolute atomic E-state index is 11.9. The molecule has 0 radical (unpaired) electrons. The van der Waals surface area contributed by atoms with Crippen LogP contribution in [0.1, 0.15) is 17.3 Å². The van der Waals surface area contributed by atoms with Crippen LogP contribution in [0.2, 0.25) is 0 Å². The molecule has 0 saturated heterocycles. The lowest BCUT2D eigenvalue weighted by molar-refractivity contribution is 0.0704. The minimum absolute atomic E-state index is 0.189. The summed E-state index contributed by atoms with van der Waals surface area (Å²) in [5, 5.41) is 9.20. The number of likely N-dealkylation sites (N-methyl/N-ethyl adjacent to an activating group) is 1. The Morgan fingerprint density at radius 3 is 2.75 bits per heavy atom. The van der Waals surface area contributed by atoms with Crippen molar-refractivity contribution in [3.63, 3.8) is 0 Å². The number of hydrogen-bond donors (Lipinski definition) is 2. The highest BCUT2D eigenvalue weighted by atomic mass is 79.9. The van der Waals surface area contributed by atoms with Crippen LogP contribution in [0.5, 0.6) is 0 Å². The summed E-state index contributed by atoms with van der Waals surface area (Å²) in [7, 11) is 1.64. The van der Waals surface area contributed by atoms with E-state index in [4.69, 9.17) is 5.73 Å². The van der Waals surface area contributed by atoms with Gasteiger partial charge in [-0.3, -0.25) is 4.79 Å². The number of rotatable bonds is 3. The number of halogens is 1. The van der Waals surface area contributed by atoms with Crippen LogP contribution in [-0.2, 0) is 0 Å². The first-order chi connectivity index (χ1) is 7.41. The lowest BCUT2D eigenvalue weighted by Gasteiger charge is -2.19. The smallest absolute Gasteiger partial charge is 0.255 e. The number of anilines is 1. The standard InChI is InChI=1S/C11H15BrN2O2/c1-7(15)6-14(2)11(16)9-4-3-8(12)5-10(9)13/h3-5,7,15H,6,13H2,1-2H3. The van der Waals surface area contributed by atoms with Crippen molar-refractivity contribution >= 4 is 27.5 Å². The van der Waals surface area contributed by atoms with Crippen molar-refractivity contribution in [2.24, 2.45) is 0 Å². The van der Waals surface area contributed by atoms with Gasteiger partial charge in [-0.05, 0) is 25.1 Å². The second-order valence-electron chi connectivity index (χ2n) is 3.77. The van der Waals surface area contributed by atoms with E-state index in [1.54, 1.807) is 32.2 Å². The first-order valence-electron chi connectivity index (χ1n) is 4.90. The SMILES string of the molecule is CC(O)CN(C)C(=O)c1ccc(Br)cc1N. The summed E-state index contributed by atoms with van der Waals surface area (Å²) in [5.74, 6) is -0.189. The molecule has 1 unspecified atom stereocenters. The van der Waals surface area contributed by atoms with E-state index in [1.807, 2.05) is 0 Å². The maximum atomic E-state index is 11.9. The second-order valence-corrected chi connectivity index (χ2v) is 4.68. The van der Waals surface area contributed by atoms with E-state index >= 15 is 0 Å². The van der Waals surface area contributed by atoms with Crippen molar-refractivity contribution in [3.05, 3.63) is 28.2 Å². The molecule has 1 aromatic rings. The van der Waals surface area contributed by atoms with Crippen molar-refractivity contribution in [1.82, 2.24) is 4.90 Å². The van der Waals surface area contributed by atoms with Gasteiger partial charge in [0.1, 0.15) is 0 Å². The topological polar surface area (TPSA) is 66.6 Å². The Morgan fingerprint density at radius 1 is 1.62 bits per heavy atom. The molecule has 0 saturated carbocycles. The van der Waals surface area contributed by atoms with E-state index in [1.165, 1.54) is 4.90 Å². The molecular formula is C11H15BrN2O2. The zero-order valence-corrected chi connectivity index (χ0v) is 10.9. The minimum Gasteiger partial charge on any atom is -0.398 e. The summed E-state index contributed by atoms with van der Waals surface area (Å²) in [6.45, 7) is 1.92. The highest BCUT2D eigenvalue weighted by Crippen LogP contribution is 2.19. The average molecular weight is 287 g/mol. The van der Waals surface area contributed by atoms with Crippen LogP contribution in [0, 0.1) is 0 Å². The summed E-state index contributed by atoms with van der Waals surface area (Å²) in [5.41, 5.74) is 6.63. The van der Waals surface area contributed by atoms with Gasteiger partial charge in [-0.25, -0.2) is 0 Å². The summed E-state index contributed by atoms with van der Waals surface area (Å²) in [6.07, 6.45) is -0.550. The number of amides is 1. The van der Waals surface area contributed by atoms with E-state index in [0.29, 0.717) is 11.3 Å². The molecule has 0 spiro atoms. The van der Waals surface area contributed by atoms with Gasteiger partial charge in [0.05, 0.1) is 11.7 Å². The number of nitrogens with zero attached hydrogens (tertiary/aromatic N) is 1. The van der Waals surface area contributed by atoms with Gasteiger partial charge >= 0.3 is 0 Å². The third-order valence-electron chi connectivity index (χ3n) is 2.13. The summed E-state index contributed by atoms with van der Waals surface area (Å²) >= 11 is 3.28. The van der Waals surface area contributed by atoms with E-state index in [2.05, 4.69) is 15.9 Å². The van der Waals surface area contributed by atoms with E-state index in [0.717, 1.165) is 4.47 Å².